The molecule has 0 saturated heterocycles. The van der Waals surface area contributed by atoms with Crippen LogP contribution < -0.4 is 10.1 Å². The van der Waals surface area contributed by atoms with E-state index in [2.05, 4.69) is 45.4 Å². The van der Waals surface area contributed by atoms with Crippen molar-refractivity contribution in [3.63, 3.8) is 0 Å². The Hall–Kier alpha value is -3.34. The third kappa shape index (κ3) is 3.11. The SMILES string of the molecule is COc1ccc(-c2cc3c(N[C@H](C)c4ccccc4)ncnc3[nH]2)cc1. The molecule has 0 radical (unpaired) electrons. The summed E-state index contributed by atoms with van der Waals surface area (Å²) in [6.45, 7) is 2.13. The van der Waals surface area contributed by atoms with Crippen LogP contribution in [-0.4, -0.2) is 22.1 Å². The van der Waals surface area contributed by atoms with E-state index in [4.69, 9.17) is 4.74 Å². The van der Waals surface area contributed by atoms with Gasteiger partial charge < -0.3 is 15.0 Å². The molecule has 0 aliphatic rings. The lowest BCUT2D eigenvalue weighted by Crippen LogP contribution is -2.08. The third-order valence-electron chi connectivity index (χ3n) is 4.48. The number of aromatic amines is 1. The van der Waals surface area contributed by atoms with Gasteiger partial charge in [0.1, 0.15) is 23.5 Å². The van der Waals surface area contributed by atoms with E-state index >= 15 is 0 Å². The van der Waals surface area contributed by atoms with Crippen molar-refractivity contribution in [2.75, 3.05) is 12.4 Å². The Kier molecular flexibility index (Phi) is 4.27. The van der Waals surface area contributed by atoms with Gasteiger partial charge >= 0.3 is 0 Å². The van der Waals surface area contributed by atoms with E-state index in [0.717, 1.165) is 33.9 Å². The Morgan fingerprint density at radius 1 is 1.00 bits per heavy atom. The summed E-state index contributed by atoms with van der Waals surface area (Å²) < 4.78 is 5.23. The number of rotatable bonds is 5. The monoisotopic (exact) mass is 344 g/mol. The molecule has 4 aromatic rings. The molecule has 1 atom stereocenters. The van der Waals surface area contributed by atoms with Crippen molar-refractivity contribution in [1.82, 2.24) is 15.0 Å². The van der Waals surface area contributed by atoms with Crippen molar-refractivity contribution in [3.8, 4) is 17.0 Å². The molecule has 4 rings (SSSR count). The molecular weight excluding hydrogens is 324 g/mol. The van der Waals surface area contributed by atoms with Crippen LogP contribution in [0, 0.1) is 0 Å². The highest BCUT2D eigenvalue weighted by molar-refractivity contribution is 5.91. The van der Waals surface area contributed by atoms with Crippen molar-refractivity contribution in [2.24, 2.45) is 0 Å². The molecule has 26 heavy (non-hydrogen) atoms. The van der Waals surface area contributed by atoms with E-state index in [-0.39, 0.29) is 6.04 Å². The van der Waals surface area contributed by atoms with Gasteiger partial charge in [0, 0.05) is 11.7 Å². The second kappa shape index (κ2) is 6.88. The fraction of sp³-hybridized carbons (Fsp3) is 0.143. The summed E-state index contributed by atoms with van der Waals surface area (Å²) in [5.74, 6) is 1.66. The van der Waals surface area contributed by atoms with Gasteiger partial charge in [0.2, 0.25) is 0 Å². The topological polar surface area (TPSA) is 62.8 Å². The van der Waals surface area contributed by atoms with E-state index in [1.54, 1.807) is 13.4 Å². The van der Waals surface area contributed by atoms with Gasteiger partial charge in [-0.25, -0.2) is 9.97 Å². The molecule has 2 heterocycles. The summed E-state index contributed by atoms with van der Waals surface area (Å²) in [6.07, 6.45) is 1.58. The summed E-state index contributed by atoms with van der Waals surface area (Å²) in [7, 11) is 1.67. The molecule has 2 aromatic heterocycles. The zero-order valence-corrected chi connectivity index (χ0v) is 14.7. The number of hydrogen-bond donors (Lipinski definition) is 2. The number of benzene rings is 2. The first-order valence-corrected chi connectivity index (χ1v) is 8.54. The lowest BCUT2D eigenvalue weighted by molar-refractivity contribution is 0.415. The average molecular weight is 344 g/mol. The Bertz CT molecular complexity index is 1010. The van der Waals surface area contributed by atoms with Crippen molar-refractivity contribution >= 4 is 16.9 Å². The van der Waals surface area contributed by atoms with Crippen LogP contribution in [0.5, 0.6) is 5.75 Å². The first kappa shape index (κ1) is 16.1. The molecule has 0 spiro atoms. The average Bonchev–Trinajstić information content (AvgIpc) is 3.14. The van der Waals surface area contributed by atoms with Gasteiger partial charge in [-0.05, 0) is 48.4 Å². The Balaban J connectivity index is 1.67. The summed E-state index contributed by atoms with van der Waals surface area (Å²) in [5.41, 5.74) is 4.10. The summed E-state index contributed by atoms with van der Waals surface area (Å²) >= 11 is 0. The van der Waals surface area contributed by atoms with Crippen molar-refractivity contribution in [3.05, 3.63) is 72.6 Å². The largest absolute Gasteiger partial charge is 0.497 e. The van der Waals surface area contributed by atoms with Crippen LogP contribution in [0.1, 0.15) is 18.5 Å². The molecule has 0 fully saturated rings. The molecule has 2 N–H and O–H groups in total. The van der Waals surface area contributed by atoms with Crippen LogP contribution in [0.3, 0.4) is 0 Å². The fourth-order valence-electron chi connectivity index (χ4n) is 3.01. The molecule has 0 aliphatic heterocycles. The second-order valence-corrected chi connectivity index (χ2v) is 6.17. The molecule has 0 bridgehead atoms. The van der Waals surface area contributed by atoms with E-state index < -0.39 is 0 Å². The molecule has 0 unspecified atom stereocenters. The third-order valence-corrected chi connectivity index (χ3v) is 4.48. The molecular formula is C21H20N4O. The highest BCUT2D eigenvalue weighted by Gasteiger charge is 2.12. The number of hydrogen-bond acceptors (Lipinski definition) is 4. The molecule has 0 amide bonds. The maximum Gasteiger partial charge on any atom is 0.143 e. The molecule has 5 nitrogen and oxygen atoms in total. The molecule has 0 saturated carbocycles. The minimum absolute atomic E-state index is 0.147. The number of aromatic nitrogens is 3. The Labute approximate surface area is 152 Å². The van der Waals surface area contributed by atoms with Gasteiger partial charge in [0.15, 0.2) is 0 Å². The number of fused-ring (bicyclic) bond motifs is 1. The van der Waals surface area contributed by atoms with Gasteiger partial charge in [-0.15, -0.1) is 0 Å². The van der Waals surface area contributed by atoms with Crippen LogP contribution in [0.25, 0.3) is 22.3 Å². The number of nitrogens with zero attached hydrogens (tertiary/aromatic N) is 2. The van der Waals surface area contributed by atoms with Crippen molar-refractivity contribution < 1.29 is 4.74 Å². The minimum atomic E-state index is 0.147. The predicted molar refractivity (Wildman–Crippen MR) is 104 cm³/mol. The maximum absolute atomic E-state index is 5.23. The van der Waals surface area contributed by atoms with Gasteiger partial charge in [-0.3, -0.25) is 0 Å². The second-order valence-electron chi connectivity index (χ2n) is 6.17. The number of ether oxygens (including phenoxy) is 1. The van der Waals surface area contributed by atoms with E-state index in [1.807, 2.05) is 42.5 Å². The first-order valence-electron chi connectivity index (χ1n) is 8.54. The van der Waals surface area contributed by atoms with Gasteiger partial charge in [0.05, 0.1) is 12.5 Å². The normalized spacial score (nSPS) is 12.1. The standard InChI is InChI=1S/C21H20N4O/c1-14(15-6-4-3-5-7-15)24-20-18-12-19(25-21(18)23-13-22-20)16-8-10-17(26-2)11-9-16/h3-14H,1-2H3,(H2,22,23,24,25)/t14-/m1/s1. The molecule has 5 heteroatoms. The molecule has 0 aliphatic carbocycles. The quantitative estimate of drug-likeness (QED) is 0.545. The molecule has 2 aromatic carbocycles. The lowest BCUT2D eigenvalue weighted by atomic mass is 10.1. The Morgan fingerprint density at radius 3 is 2.50 bits per heavy atom. The van der Waals surface area contributed by atoms with Crippen molar-refractivity contribution in [1.29, 1.82) is 0 Å². The van der Waals surface area contributed by atoms with Crippen LogP contribution in [-0.2, 0) is 0 Å². The van der Waals surface area contributed by atoms with Crippen LogP contribution in [0.15, 0.2) is 67.0 Å². The number of nitrogens with one attached hydrogen (secondary N) is 2. The number of anilines is 1. The van der Waals surface area contributed by atoms with Crippen molar-refractivity contribution in [2.45, 2.75) is 13.0 Å². The van der Waals surface area contributed by atoms with Crippen LogP contribution in [0.4, 0.5) is 5.82 Å². The Morgan fingerprint density at radius 2 is 1.77 bits per heavy atom. The van der Waals surface area contributed by atoms with E-state index in [9.17, 15) is 0 Å². The number of methoxy groups -OCH3 is 1. The fourth-order valence-corrected chi connectivity index (χ4v) is 3.01. The first-order chi connectivity index (χ1) is 12.7. The van der Waals surface area contributed by atoms with Gasteiger partial charge in [0.25, 0.3) is 0 Å². The highest BCUT2D eigenvalue weighted by Crippen LogP contribution is 2.29. The lowest BCUT2D eigenvalue weighted by Gasteiger charge is -2.15. The minimum Gasteiger partial charge on any atom is -0.497 e. The summed E-state index contributed by atoms with van der Waals surface area (Å²) in [4.78, 5) is 12.2. The zero-order chi connectivity index (χ0) is 17.9. The summed E-state index contributed by atoms with van der Waals surface area (Å²) in [5, 5.41) is 4.47. The smallest absolute Gasteiger partial charge is 0.143 e. The maximum atomic E-state index is 5.23. The van der Waals surface area contributed by atoms with E-state index in [1.165, 1.54) is 5.56 Å². The van der Waals surface area contributed by atoms with E-state index in [0.29, 0.717) is 0 Å². The molecule has 130 valence electrons. The van der Waals surface area contributed by atoms with Gasteiger partial charge in [-0.1, -0.05) is 30.3 Å². The highest BCUT2D eigenvalue weighted by atomic mass is 16.5. The summed E-state index contributed by atoms with van der Waals surface area (Å²) in [6, 6.07) is 20.5. The van der Waals surface area contributed by atoms with Crippen LogP contribution >= 0.6 is 0 Å². The zero-order valence-electron chi connectivity index (χ0n) is 14.7. The number of H-pyrrole nitrogens is 1. The predicted octanol–water partition coefficient (Wildman–Crippen LogP) is 4.81. The van der Waals surface area contributed by atoms with Crippen LogP contribution in [0.2, 0.25) is 0 Å². The van der Waals surface area contributed by atoms with Gasteiger partial charge in [-0.2, -0.15) is 0 Å².